The number of sulfonamides is 1. The van der Waals surface area contributed by atoms with Crippen molar-refractivity contribution in [2.75, 3.05) is 11.0 Å². The Bertz CT molecular complexity index is 562. The van der Waals surface area contributed by atoms with Gasteiger partial charge >= 0.3 is 0 Å². The molecule has 7 heteroatoms. The predicted molar refractivity (Wildman–Crippen MR) is 76.4 cm³/mol. The number of guanidine groups is 1. The van der Waals surface area contributed by atoms with E-state index in [1.165, 1.54) is 0 Å². The molecule has 0 unspecified atom stereocenters. The average molecular weight is 282 g/mol. The maximum atomic E-state index is 11.1. The Balaban J connectivity index is 1.90. The highest BCUT2D eigenvalue weighted by molar-refractivity contribution is 7.92. The van der Waals surface area contributed by atoms with Crippen molar-refractivity contribution in [2.24, 2.45) is 10.7 Å². The molecular weight excluding hydrogens is 264 g/mol. The monoisotopic (exact) mass is 282 g/mol. The summed E-state index contributed by atoms with van der Waals surface area (Å²) >= 11 is 0. The number of hydrogen-bond donors (Lipinski definition) is 3. The zero-order valence-corrected chi connectivity index (χ0v) is 11.6. The number of benzene rings is 1. The number of hydrogen-bond acceptors (Lipinski definition) is 3. The van der Waals surface area contributed by atoms with Gasteiger partial charge in [0.15, 0.2) is 5.96 Å². The Morgan fingerprint density at radius 2 is 2.00 bits per heavy atom. The zero-order valence-electron chi connectivity index (χ0n) is 10.8. The molecular formula is C12H18N4O2S. The van der Waals surface area contributed by atoms with E-state index < -0.39 is 10.0 Å². The Hall–Kier alpha value is -1.76. The van der Waals surface area contributed by atoms with Gasteiger partial charge in [0, 0.05) is 11.7 Å². The van der Waals surface area contributed by atoms with E-state index in [0.717, 1.165) is 24.7 Å². The number of rotatable bonds is 5. The molecule has 1 fully saturated rings. The quantitative estimate of drug-likeness (QED) is 0.545. The first-order valence-corrected chi connectivity index (χ1v) is 7.95. The lowest BCUT2D eigenvalue weighted by Crippen LogP contribution is -2.33. The van der Waals surface area contributed by atoms with Gasteiger partial charge in [-0.25, -0.2) is 13.4 Å². The summed E-state index contributed by atoms with van der Waals surface area (Å²) in [5, 5.41) is 3.10. The smallest absolute Gasteiger partial charge is 0.229 e. The lowest BCUT2D eigenvalue weighted by atomic mass is 10.2. The molecule has 1 aliphatic rings. The van der Waals surface area contributed by atoms with Gasteiger partial charge in [-0.1, -0.05) is 12.1 Å². The SMILES string of the molecule is CS(=O)(=O)Nc1ccc(CN=C(N)NC2CC2)cc1. The van der Waals surface area contributed by atoms with Crippen molar-refractivity contribution in [3.05, 3.63) is 29.8 Å². The molecule has 0 aliphatic heterocycles. The van der Waals surface area contributed by atoms with E-state index in [-0.39, 0.29) is 0 Å². The largest absolute Gasteiger partial charge is 0.370 e. The fraction of sp³-hybridized carbons (Fsp3) is 0.417. The van der Waals surface area contributed by atoms with Crippen LogP contribution in [0.3, 0.4) is 0 Å². The van der Waals surface area contributed by atoms with E-state index in [1.54, 1.807) is 12.1 Å². The van der Waals surface area contributed by atoms with Crippen molar-refractivity contribution >= 4 is 21.7 Å². The Morgan fingerprint density at radius 3 is 2.53 bits per heavy atom. The van der Waals surface area contributed by atoms with Gasteiger partial charge in [-0.3, -0.25) is 4.72 Å². The normalized spacial score (nSPS) is 16.2. The van der Waals surface area contributed by atoms with Crippen LogP contribution in [0.15, 0.2) is 29.3 Å². The molecule has 6 nitrogen and oxygen atoms in total. The van der Waals surface area contributed by atoms with Gasteiger partial charge in [-0.2, -0.15) is 0 Å². The van der Waals surface area contributed by atoms with Crippen molar-refractivity contribution in [2.45, 2.75) is 25.4 Å². The summed E-state index contributed by atoms with van der Waals surface area (Å²) in [7, 11) is -3.23. The molecule has 0 atom stereocenters. The highest BCUT2D eigenvalue weighted by atomic mass is 32.2. The van der Waals surface area contributed by atoms with Gasteiger partial charge in [-0.15, -0.1) is 0 Å². The van der Waals surface area contributed by atoms with Crippen LogP contribution >= 0.6 is 0 Å². The molecule has 1 aromatic carbocycles. The van der Waals surface area contributed by atoms with Crippen LogP contribution in [-0.4, -0.2) is 26.7 Å². The molecule has 0 saturated heterocycles. The Kier molecular flexibility index (Phi) is 3.94. The highest BCUT2D eigenvalue weighted by Crippen LogP contribution is 2.18. The van der Waals surface area contributed by atoms with Crippen molar-refractivity contribution < 1.29 is 8.42 Å². The molecule has 0 bridgehead atoms. The number of anilines is 1. The van der Waals surface area contributed by atoms with Crippen LogP contribution < -0.4 is 15.8 Å². The van der Waals surface area contributed by atoms with Crippen molar-refractivity contribution in [1.29, 1.82) is 0 Å². The summed E-state index contributed by atoms with van der Waals surface area (Å²) in [6.45, 7) is 0.477. The molecule has 0 spiro atoms. The van der Waals surface area contributed by atoms with Crippen LogP contribution in [-0.2, 0) is 16.6 Å². The van der Waals surface area contributed by atoms with Crippen LogP contribution in [0, 0.1) is 0 Å². The third-order valence-corrected chi connectivity index (χ3v) is 3.23. The molecule has 0 aromatic heterocycles. The minimum absolute atomic E-state index is 0.459. The molecule has 1 aliphatic carbocycles. The van der Waals surface area contributed by atoms with E-state index in [2.05, 4.69) is 15.0 Å². The van der Waals surface area contributed by atoms with Gasteiger partial charge < -0.3 is 11.1 Å². The maximum Gasteiger partial charge on any atom is 0.229 e. The summed E-state index contributed by atoms with van der Waals surface area (Å²) in [6.07, 6.45) is 3.43. The van der Waals surface area contributed by atoms with Crippen molar-refractivity contribution in [3.63, 3.8) is 0 Å². The summed E-state index contributed by atoms with van der Waals surface area (Å²) in [5.41, 5.74) is 7.24. The standard InChI is InChI=1S/C12H18N4O2S/c1-19(17,18)16-11-4-2-9(3-5-11)8-14-12(13)15-10-6-7-10/h2-5,10,16H,6-8H2,1H3,(H3,13,14,15). The molecule has 0 radical (unpaired) electrons. The second kappa shape index (κ2) is 5.48. The first-order valence-electron chi connectivity index (χ1n) is 6.05. The van der Waals surface area contributed by atoms with E-state index in [1.807, 2.05) is 12.1 Å². The van der Waals surface area contributed by atoms with Crippen LogP contribution in [0.4, 0.5) is 5.69 Å². The zero-order chi connectivity index (χ0) is 13.9. The van der Waals surface area contributed by atoms with Crippen LogP contribution in [0.25, 0.3) is 0 Å². The molecule has 0 heterocycles. The predicted octanol–water partition coefficient (Wildman–Crippen LogP) is 0.625. The van der Waals surface area contributed by atoms with E-state index >= 15 is 0 Å². The first kappa shape index (κ1) is 13.7. The molecule has 0 amide bonds. The maximum absolute atomic E-state index is 11.1. The highest BCUT2D eigenvalue weighted by Gasteiger charge is 2.21. The molecule has 104 valence electrons. The van der Waals surface area contributed by atoms with Gasteiger partial charge in [0.25, 0.3) is 0 Å². The minimum Gasteiger partial charge on any atom is -0.370 e. The summed E-state index contributed by atoms with van der Waals surface area (Å²) in [4.78, 5) is 4.22. The average Bonchev–Trinajstić information content (AvgIpc) is 3.10. The molecule has 2 rings (SSSR count). The number of nitrogens with two attached hydrogens (primary N) is 1. The number of nitrogens with one attached hydrogen (secondary N) is 2. The van der Waals surface area contributed by atoms with Gasteiger partial charge in [0.05, 0.1) is 12.8 Å². The van der Waals surface area contributed by atoms with Gasteiger partial charge in [-0.05, 0) is 30.5 Å². The van der Waals surface area contributed by atoms with E-state index in [9.17, 15) is 8.42 Å². The fourth-order valence-electron chi connectivity index (χ4n) is 1.55. The fourth-order valence-corrected chi connectivity index (χ4v) is 2.12. The molecule has 4 N–H and O–H groups in total. The van der Waals surface area contributed by atoms with Crippen LogP contribution in [0.5, 0.6) is 0 Å². The van der Waals surface area contributed by atoms with Gasteiger partial charge in [0.2, 0.25) is 10.0 Å². The topological polar surface area (TPSA) is 96.6 Å². The van der Waals surface area contributed by atoms with Crippen LogP contribution in [0.1, 0.15) is 18.4 Å². The summed E-state index contributed by atoms with van der Waals surface area (Å²) in [6, 6.07) is 7.54. The number of nitrogens with zero attached hydrogens (tertiary/aromatic N) is 1. The van der Waals surface area contributed by atoms with Gasteiger partial charge in [0.1, 0.15) is 0 Å². The Labute approximate surface area is 113 Å². The lowest BCUT2D eigenvalue weighted by Gasteiger charge is -2.05. The third-order valence-electron chi connectivity index (χ3n) is 2.62. The Morgan fingerprint density at radius 1 is 1.37 bits per heavy atom. The van der Waals surface area contributed by atoms with E-state index in [0.29, 0.717) is 24.2 Å². The molecule has 1 saturated carbocycles. The summed E-state index contributed by atoms with van der Waals surface area (Å²) in [5.74, 6) is 0.459. The van der Waals surface area contributed by atoms with Crippen molar-refractivity contribution in [1.82, 2.24) is 5.32 Å². The second-order valence-electron chi connectivity index (χ2n) is 4.69. The second-order valence-corrected chi connectivity index (χ2v) is 6.44. The van der Waals surface area contributed by atoms with Crippen LogP contribution in [0.2, 0.25) is 0 Å². The van der Waals surface area contributed by atoms with E-state index in [4.69, 9.17) is 5.73 Å². The summed E-state index contributed by atoms with van der Waals surface area (Å²) < 4.78 is 24.5. The lowest BCUT2D eigenvalue weighted by molar-refractivity contribution is 0.607. The number of aliphatic imine (C=N–C) groups is 1. The van der Waals surface area contributed by atoms with Crippen molar-refractivity contribution in [3.8, 4) is 0 Å². The molecule has 1 aromatic rings. The third kappa shape index (κ3) is 5.17. The minimum atomic E-state index is -3.23. The molecule has 19 heavy (non-hydrogen) atoms. The first-order chi connectivity index (χ1) is 8.92.